The number of benzene rings is 1. The van der Waals surface area contributed by atoms with Gasteiger partial charge in [0.15, 0.2) is 0 Å². The van der Waals surface area contributed by atoms with E-state index in [1.54, 1.807) is 12.1 Å². The summed E-state index contributed by atoms with van der Waals surface area (Å²) in [6, 6.07) is 6.62. The average Bonchev–Trinajstić information content (AvgIpc) is 2.76. The van der Waals surface area contributed by atoms with E-state index in [0.717, 1.165) is 12.1 Å². The molecule has 0 N–H and O–H groups in total. The van der Waals surface area contributed by atoms with Crippen molar-refractivity contribution in [2.75, 3.05) is 0 Å². The molecule has 0 bridgehead atoms. The van der Waals surface area contributed by atoms with E-state index in [1.807, 2.05) is 0 Å². The third-order valence-electron chi connectivity index (χ3n) is 2.28. The van der Waals surface area contributed by atoms with Crippen LogP contribution in [0, 0.1) is 0 Å². The van der Waals surface area contributed by atoms with Crippen molar-refractivity contribution in [2.45, 2.75) is 12.1 Å². The molecule has 0 radical (unpaired) electrons. The second kappa shape index (κ2) is 4.41. The number of rotatable bonds is 2. The third kappa shape index (κ3) is 2.44. The Hall–Kier alpha value is -1.49. The molecule has 0 aliphatic heterocycles. The molecule has 1 heterocycles. The van der Waals surface area contributed by atoms with Crippen LogP contribution in [0.1, 0.15) is 11.3 Å². The van der Waals surface area contributed by atoms with Crippen LogP contribution in [0.25, 0.3) is 5.69 Å². The minimum absolute atomic E-state index is 0.191. The van der Waals surface area contributed by atoms with Crippen LogP contribution < -0.4 is 0 Å². The number of aromatic nitrogens is 2. The van der Waals surface area contributed by atoms with Crippen LogP contribution in [-0.2, 0) is 12.1 Å². The average molecular weight is 261 g/mol. The lowest BCUT2D eigenvalue weighted by atomic mass is 10.2. The molecule has 17 heavy (non-hydrogen) atoms. The van der Waals surface area contributed by atoms with Crippen molar-refractivity contribution in [1.82, 2.24) is 9.78 Å². The van der Waals surface area contributed by atoms with E-state index in [9.17, 15) is 13.2 Å². The van der Waals surface area contributed by atoms with Gasteiger partial charge < -0.3 is 0 Å². The first-order valence-corrected chi connectivity index (χ1v) is 5.32. The van der Waals surface area contributed by atoms with Gasteiger partial charge >= 0.3 is 6.18 Å². The standard InChI is InChI=1S/C11H8ClF3N2/c12-7-10-4-5-16-17(10)9-3-1-2-8(6-9)11(13,14)15/h1-6H,7H2. The molecule has 2 nitrogen and oxygen atoms in total. The summed E-state index contributed by atoms with van der Waals surface area (Å²) >= 11 is 5.67. The van der Waals surface area contributed by atoms with Crippen LogP contribution in [-0.4, -0.2) is 9.78 Å². The molecule has 0 aliphatic carbocycles. The molecule has 0 unspecified atom stereocenters. The monoisotopic (exact) mass is 260 g/mol. The summed E-state index contributed by atoms with van der Waals surface area (Å²) in [5, 5.41) is 3.95. The molecule has 6 heteroatoms. The van der Waals surface area contributed by atoms with Crippen LogP contribution in [0.5, 0.6) is 0 Å². The highest BCUT2D eigenvalue weighted by Crippen LogP contribution is 2.30. The molecule has 0 spiro atoms. The van der Waals surface area contributed by atoms with Crippen molar-refractivity contribution in [2.24, 2.45) is 0 Å². The maximum atomic E-state index is 12.5. The first-order chi connectivity index (χ1) is 8.02. The second-order valence-corrected chi connectivity index (χ2v) is 3.68. The number of hydrogen-bond acceptors (Lipinski definition) is 1. The van der Waals surface area contributed by atoms with E-state index < -0.39 is 11.7 Å². The summed E-state index contributed by atoms with van der Waals surface area (Å²) in [7, 11) is 0. The number of halogens is 4. The van der Waals surface area contributed by atoms with E-state index in [2.05, 4.69) is 5.10 Å². The van der Waals surface area contributed by atoms with Gasteiger partial charge in [-0.3, -0.25) is 0 Å². The highest BCUT2D eigenvalue weighted by atomic mass is 35.5. The normalized spacial score (nSPS) is 11.8. The van der Waals surface area contributed by atoms with Crippen LogP contribution >= 0.6 is 11.6 Å². The van der Waals surface area contributed by atoms with Crippen LogP contribution in [0.3, 0.4) is 0 Å². The molecule has 0 saturated carbocycles. The number of nitrogens with zero attached hydrogens (tertiary/aromatic N) is 2. The fourth-order valence-electron chi connectivity index (χ4n) is 1.48. The minimum atomic E-state index is -4.36. The molecule has 1 aromatic carbocycles. The van der Waals surface area contributed by atoms with Gasteiger partial charge in [0.25, 0.3) is 0 Å². The van der Waals surface area contributed by atoms with E-state index >= 15 is 0 Å². The Kier molecular flexibility index (Phi) is 3.11. The second-order valence-electron chi connectivity index (χ2n) is 3.42. The summed E-state index contributed by atoms with van der Waals surface area (Å²) in [6.07, 6.45) is -2.86. The topological polar surface area (TPSA) is 17.8 Å². The minimum Gasteiger partial charge on any atom is -0.237 e. The van der Waals surface area contributed by atoms with Crippen molar-refractivity contribution in [1.29, 1.82) is 0 Å². The van der Waals surface area contributed by atoms with Gasteiger partial charge in [-0.15, -0.1) is 11.6 Å². The number of hydrogen-bond donors (Lipinski definition) is 0. The smallest absolute Gasteiger partial charge is 0.237 e. The maximum absolute atomic E-state index is 12.5. The lowest BCUT2D eigenvalue weighted by Crippen LogP contribution is -2.07. The molecule has 0 saturated heterocycles. The van der Waals surface area contributed by atoms with Gasteiger partial charge in [0.2, 0.25) is 0 Å². The highest BCUT2D eigenvalue weighted by Gasteiger charge is 2.30. The van der Waals surface area contributed by atoms with Gasteiger partial charge in [-0.05, 0) is 24.3 Å². The van der Waals surface area contributed by atoms with Gasteiger partial charge in [-0.2, -0.15) is 18.3 Å². The summed E-state index contributed by atoms with van der Waals surface area (Å²) in [5.41, 5.74) is 0.289. The largest absolute Gasteiger partial charge is 0.416 e. The molecule has 0 amide bonds. The van der Waals surface area contributed by atoms with Crippen molar-refractivity contribution >= 4 is 11.6 Å². The Labute approximate surface area is 101 Å². The van der Waals surface area contributed by atoms with Gasteiger partial charge in [0, 0.05) is 6.20 Å². The molecule has 1 aromatic heterocycles. The first-order valence-electron chi connectivity index (χ1n) is 4.79. The molecule has 2 aromatic rings. The quantitative estimate of drug-likeness (QED) is 0.754. The van der Waals surface area contributed by atoms with Gasteiger partial charge in [-0.1, -0.05) is 6.07 Å². The van der Waals surface area contributed by atoms with E-state index in [-0.39, 0.29) is 5.88 Å². The fourth-order valence-corrected chi connectivity index (χ4v) is 1.68. The predicted molar refractivity (Wildman–Crippen MR) is 58.1 cm³/mol. The van der Waals surface area contributed by atoms with Gasteiger partial charge in [0.05, 0.1) is 22.8 Å². The summed E-state index contributed by atoms with van der Waals surface area (Å²) in [5.74, 6) is 0.191. The highest BCUT2D eigenvalue weighted by molar-refractivity contribution is 6.16. The summed E-state index contributed by atoms with van der Waals surface area (Å²) < 4.78 is 39.0. The Morgan fingerprint density at radius 2 is 2.00 bits per heavy atom. The van der Waals surface area contributed by atoms with Crippen molar-refractivity contribution in [3.63, 3.8) is 0 Å². The van der Waals surface area contributed by atoms with Crippen molar-refractivity contribution in [3.05, 3.63) is 47.8 Å². The molecule has 0 atom stereocenters. The fraction of sp³-hybridized carbons (Fsp3) is 0.182. The summed E-state index contributed by atoms with van der Waals surface area (Å²) in [4.78, 5) is 0. The molecule has 2 rings (SSSR count). The first kappa shape index (κ1) is 12.0. The summed E-state index contributed by atoms with van der Waals surface area (Å²) in [6.45, 7) is 0. The van der Waals surface area contributed by atoms with E-state index in [4.69, 9.17) is 11.6 Å². The van der Waals surface area contributed by atoms with Crippen molar-refractivity contribution < 1.29 is 13.2 Å². The lowest BCUT2D eigenvalue weighted by molar-refractivity contribution is -0.137. The molecular weight excluding hydrogens is 253 g/mol. The van der Waals surface area contributed by atoms with Gasteiger partial charge in [0.1, 0.15) is 0 Å². The van der Waals surface area contributed by atoms with Crippen LogP contribution in [0.2, 0.25) is 0 Å². The predicted octanol–water partition coefficient (Wildman–Crippen LogP) is 3.63. The zero-order valence-electron chi connectivity index (χ0n) is 8.58. The van der Waals surface area contributed by atoms with Crippen LogP contribution in [0.4, 0.5) is 13.2 Å². The Bertz CT molecular complexity index is 519. The van der Waals surface area contributed by atoms with Crippen molar-refractivity contribution in [3.8, 4) is 5.69 Å². The van der Waals surface area contributed by atoms with Crippen LogP contribution in [0.15, 0.2) is 36.5 Å². The molecule has 0 fully saturated rings. The van der Waals surface area contributed by atoms with Gasteiger partial charge in [-0.25, -0.2) is 4.68 Å². The number of alkyl halides is 4. The molecule has 0 aliphatic rings. The zero-order chi connectivity index (χ0) is 12.5. The molecular formula is C11H8ClF3N2. The SMILES string of the molecule is FC(F)(F)c1cccc(-n2nccc2CCl)c1. The maximum Gasteiger partial charge on any atom is 0.416 e. The Morgan fingerprint density at radius 1 is 1.24 bits per heavy atom. The van der Waals surface area contributed by atoms with E-state index in [1.165, 1.54) is 16.9 Å². The molecule has 90 valence electrons. The Morgan fingerprint density at radius 3 is 2.65 bits per heavy atom. The third-order valence-corrected chi connectivity index (χ3v) is 2.55. The van der Waals surface area contributed by atoms with E-state index in [0.29, 0.717) is 11.4 Å². The Balaban J connectivity index is 2.47. The lowest BCUT2D eigenvalue weighted by Gasteiger charge is -2.10. The zero-order valence-corrected chi connectivity index (χ0v) is 9.33.